The molecular formula is C25H27FN8O. The molecule has 0 saturated carbocycles. The lowest BCUT2D eigenvalue weighted by Gasteiger charge is -2.32. The molecule has 1 aliphatic rings. The van der Waals surface area contributed by atoms with Crippen molar-refractivity contribution >= 4 is 34.3 Å². The number of aromatic nitrogens is 5. The average molecular weight is 475 g/mol. The number of fused-ring (bicyclic) bond motifs is 1. The Morgan fingerprint density at radius 3 is 2.63 bits per heavy atom. The number of likely N-dealkylation sites (N-methyl/N-ethyl adjacent to an activating group) is 1. The predicted octanol–water partition coefficient (Wildman–Crippen LogP) is 4.07. The Hall–Kier alpha value is -3.92. The topological polar surface area (TPSA) is 101 Å². The number of benzene rings is 1. The first-order valence-corrected chi connectivity index (χ1v) is 11.7. The van der Waals surface area contributed by atoms with Crippen molar-refractivity contribution in [2.45, 2.75) is 38.8 Å². The number of pyridine rings is 1. The highest BCUT2D eigenvalue weighted by Gasteiger charge is 2.28. The summed E-state index contributed by atoms with van der Waals surface area (Å²) in [5, 5.41) is 6.26. The first-order valence-electron chi connectivity index (χ1n) is 11.7. The van der Waals surface area contributed by atoms with Crippen LogP contribution in [0.5, 0.6) is 0 Å². The second-order valence-corrected chi connectivity index (χ2v) is 8.82. The number of hydrogen-bond donors (Lipinski definition) is 2. The van der Waals surface area contributed by atoms with Crippen molar-refractivity contribution in [2.24, 2.45) is 0 Å². The molecule has 1 aromatic carbocycles. The van der Waals surface area contributed by atoms with Gasteiger partial charge in [0, 0.05) is 30.2 Å². The van der Waals surface area contributed by atoms with Gasteiger partial charge in [0.2, 0.25) is 17.8 Å². The molecule has 35 heavy (non-hydrogen) atoms. The minimum absolute atomic E-state index is 0.0889. The molecular weight excluding hydrogens is 447 g/mol. The van der Waals surface area contributed by atoms with Crippen molar-refractivity contribution in [3.63, 3.8) is 0 Å². The van der Waals surface area contributed by atoms with Gasteiger partial charge < -0.3 is 20.1 Å². The Morgan fingerprint density at radius 1 is 1.09 bits per heavy atom. The van der Waals surface area contributed by atoms with Gasteiger partial charge in [-0.15, -0.1) is 0 Å². The molecule has 1 saturated heterocycles. The molecule has 5 rings (SSSR count). The van der Waals surface area contributed by atoms with E-state index in [1.807, 2.05) is 54.6 Å². The highest BCUT2D eigenvalue weighted by atomic mass is 19.1. The monoisotopic (exact) mass is 474 g/mol. The molecule has 0 spiro atoms. The molecule has 0 radical (unpaired) electrons. The highest BCUT2D eigenvalue weighted by molar-refractivity contribution is 5.98. The Bertz CT molecular complexity index is 1370. The van der Waals surface area contributed by atoms with Crippen molar-refractivity contribution in [1.82, 2.24) is 29.8 Å². The van der Waals surface area contributed by atoms with Gasteiger partial charge in [0.15, 0.2) is 0 Å². The zero-order valence-electron chi connectivity index (χ0n) is 19.9. The van der Waals surface area contributed by atoms with E-state index in [1.165, 1.54) is 0 Å². The lowest BCUT2D eigenvalue weighted by atomic mass is 10.0. The summed E-state index contributed by atoms with van der Waals surface area (Å²) < 4.78 is 16.5. The molecule has 180 valence electrons. The number of carbonyl (C=O) groups is 1. The zero-order valence-corrected chi connectivity index (χ0v) is 19.9. The highest BCUT2D eigenvalue weighted by Crippen LogP contribution is 2.27. The van der Waals surface area contributed by atoms with Crippen LogP contribution in [0.1, 0.15) is 32.7 Å². The lowest BCUT2D eigenvalue weighted by Crippen LogP contribution is -2.49. The Kier molecular flexibility index (Phi) is 6.12. The maximum absolute atomic E-state index is 14.6. The number of rotatable bonds is 6. The minimum Gasteiger partial charge on any atom is -0.328 e. The normalized spacial score (nSPS) is 16.3. The van der Waals surface area contributed by atoms with Gasteiger partial charge in [-0.3, -0.25) is 4.79 Å². The van der Waals surface area contributed by atoms with Gasteiger partial charge in [0.1, 0.15) is 5.52 Å². The van der Waals surface area contributed by atoms with Crippen molar-refractivity contribution in [1.29, 1.82) is 0 Å². The van der Waals surface area contributed by atoms with Crippen molar-refractivity contribution < 1.29 is 9.18 Å². The lowest BCUT2D eigenvalue weighted by molar-refractivity contribution is -0.121. The number of nitrogens with one attached hydrogen (secondary N) is 2. The van der Waals surface area contributed by atoms with Crippen LogP contribution in [0, 0.1) is 5.95 Å². The van der Waals surface area contributed by atoms with E-state index >= 15 is 0 Å². The van der Waals surface area contributed by atoms with Crippen LogP contribution in [0.2, 0.25) is 0 Å². The summed E-state index contributed by atoms with van der Waals surface area (Å²) in [4.78, 5) is 31.5. The Balaban J connectivity index is 1.37. The summed E-state index contributed by atoms with van der Waals surface area (Å²) >= 11 is 0. The van der Waals surface area contributed by atoms with Gasteiger partial charge in [-0.1, -0.05) is 0 Å². The molecule has 3 aromatic heterocycles. The first-order chi connectivity index (χ1) is 16.9. The van der Waals surface area contributed by atoms with Crippen LogP contribution < -0.4 is 15.5 Å². The number of hydrogen-bond acceptors (Lipinski definition) is 7. The smallest absolute Gasteiger partial charge is 0.244 e. The maximum atomic E-state index is 14.6. The van der Waals surface area contributed by atoms with Crippen LogP contribution >= 0.6 is 0 Å². The van der Waals surface area contributed by atoms with Crippen LogP contribution in [0.25, 0.3) is 22.4 Å². The van der Waals surface area contributed by atoms with Gasteiger partial charge in [-0.25, -0.2) is 19.9 Å². The summed E-state index contributed by atoms with van der Waals surface area (Å²) in [6, 6.07) is 11.0. The van der Waals surface area contributed by atoms with E-state index < -0.39 is 5.95 Å². The van der Waals surface area contributed by atoms with E-state index in [1.54, 1.807) is 24.7 Å². The van der Waals surface area contributed by atoms with E-state index in [0.717, 1.165) is 24.2 Å². The number of nitrogens with zero attached hydrogens (tertiary/aromatic N) is 6. The molecule has 0 bridgehead atoms. The largest absolute Gasteiger partial charge is 0.328 e. The third-order valence-electron chi connectivity index (χ3n) is 6.22. The average Bonchev–Trinajstić information content (AvgIpc) is 3.30. The van der Waals surface area contributed by atoms with Crippen molar-refractivity contribution in [2.75, 3.05) is 23.8 Å². The molecule has 4 heterocycles. The van der Waals surface area contributed by atoms with Gasteiger partial charge in [-0.2, -0.15) is 4.39 Å². The molecule has 1 fully saturated rings. The van der Waals surface area contributed by atoms with E-state index in [-0.39, 0.29) is 23.5 Å². The van der Waals surface area contributed by atoms with E-state index in [4.69, 9.17) is 0 Å². The second kappa shape index (κ2) is 9.38. The molecule has 2 N–H and O–H groups in total. The maximum Gasteiger partial charge on any atom is 0.244 e. The fourth-order valence-corrected chi connectivity index (χ4v) is 4.35. The van der Waals surface area contributed by atoms with Crippen LogP contribution in [-0.4, -0.2) is 50.0 Å². The standard InChI is InChI=1S/C25H27FN8O/c1-15(2)34-14-29-22-21(34)13-20(31-23(22)26)18-10-11-28-25(32-18)30-16-6-8-17(9-7-16)33-12-4-5-19(27-3)24(33)35/h6-11,13-15,19,27H,4-5,12H2,1-3H3,(H,28,30,32). The van der Waals surface area contributed by atoms with Gasteiger partial charge in [0.25, 0.3) is 0 Å². The fraction of sp³-hybridized carbons (Fsp3) is 0.320. The number of carbonyl (C=O) groups excluding carboxylic acids is 1. The molecule has 1 atom stereocenters. The summed E-state index contributed by atoms with van der Waals surface area (Å²) in [7, 11) is 1.81. The zero-order chi connectivity index (χ0) is 24.5. The van der Waals surface area contributed by atoms with Gasteiger partial charge >= 0.3 is 0 Å². The van der Waals surface area contributed by atoms with E-state index in [2.05, 4.69) is 30.6 Å². The second-order valence-electron chi connectivity index (χ2n) is 8.82. The summed E-state index contributed by atoms with van der Waals surface area (Å²) in [5.74, 6) is -0.182. The number of halogens is 1. The molecule has 1 unspecified atom stereocenters. The van der Waals surface area contributed by atoms with Crippen molar-refractivity contribution in [3.05, 3.63) is 54.9 Å². The Labute approximate surface area is 202 Å². The molecule has 1 aliphatic heterocycles. The number of anilines is 3. The Morgan fingerprint density at radius 2 is 1.89 bits per heavy atom. The third kappa shape index (κ3) is 4.44. The minimum atomic E-state index is -0.631. The van der Waals surface area contributed by atoms with Crippen LogP contribution in [0.4, 0.5) is 21.7 Å². The predicted molar refractivity (Wildman–Crippen MR) is 133 cm³/mol. The SMILES string of the molecule is CNC1CCCN(c2ccc(Nc3nccc(-c4cc5c(ncn5C(C)C)c(F)n4)n3)cc2)C1=O. The number of piperidine rings is 1. The van der Waals surface area contributed by atoms with Crippen molar-refractivity contribution in [3.8, 4) is 11.4 Å². The molecule has 0 aliphatic carbocycles. The fourth-order valence-electron chi connectivity index (χ4n) is 4.35. The van der Waals surface area contributed by atoms with E-state index in [0.29, 0.717) is 29.4 Å². The van der Waals surface area contributed by atoms with Crippen LogP contribution in [0.3, 0.4) is 0 Å². The van der Waals surface area contributed by atoms with Gasteiger partial charge in [0.05, 0.1) is 29.3 Å². The summed E-state index contributed by atoms with van der Waals surface area (Å²) in [6.45, 7) is 4.73. The summed E-state index contributed by atoms with van der Waals surface area (Å²) in [5.41, 5.74) is 3.43. The van der Waals surface area contributed by atoms with E-state index in [9.17, 15) is 9.18 Å². The molecule has 10 heteroatoms. The first kappa shape index (κ1) is 22.9. The molecule has 1 amide bonds. The van der Waals surface area contributed by atoms with Crippen LogP contribution in [0.15, 0.2) is 48.9 Å². The third-order valence-corrected chi connectivity index (χ3v) is 6.22. The molecule has 9 nitrogen and oxygen atoms in total. The van der Waals surface area contributed by atoms with Crippen LogP contribution in [-0.2, 0) is 4.79 Å². The quantitative estimate of drug-likeness (QED) is 0.406. The number of amides is 1. The van der Waals surface area contributed by atoms with Gasteiger partial charge in [-0.05, 0) is 70.1 Å². The summed E-state index contributed by atoms with van der Waals surface area (Å²) in [6.07, 6.45) is 5.03. The number of imidazole rings is 1. The molecule has 4 aromatic rings.